The highest BCUT2D eigenvalue weighted by atomic mass is 16.3. The Bertz CT molecular complexity index is 235. The SMILES string of the molecule is CCC1CCCCC1C(O)C(O)C1CCCCC1. The largest absolute Gasteiger partial charge is 0.390 e. The van der Waals surface area contributed by atoms with E-state index in [4.69, 9.17) is 0 Å². The van der Waals surface area contributed by atoms with Gasteiger partial charge in [-0.25, -0.2) is 0 Å². The first kappa shape index (κ1) is 14.3. The van der Waals surface area contributed by atoms with Gasteiger partial charge in [-0.2, -0.15) is 0 Å². The van der Waals surface area contributed by atoms with E-state index in [-0.39, 0.29) is 0 Å². The Morgan fingerprint density at radius 3 is 2.11 bits per heavy atom. The van der Waals surface area contributed by atoms with Gasteiger partial charge in [-0.05, 0) is 37.0 Å². The molecule has 2 heteroatoms. The maximum atomic E-state index is 10.5. The van der Waals surface area contributed by atoms with E-state index in [1.54, 1.807) is 0 Å². The minimum Gasteiger partial charge on any atom is -0.390 e. The van der Waals surface area contributed by atoms with Crippen molar-refractivity contribution in [3.63, 3.8) is 0 Å². The molecule has 2 N–H and O–H groups in total. The second-order valence-electron chi connectivity index (χ2n) is 6.50. The van der Waals surface area contributed by atoms with Gasteiger partial charge in [0.25, 0.3) is 0 Å². The van der Waals surface area contributed by atoms with Crippen molar-refractivity contribution in [2.45, 2.75) is 83.3 Å². The van der Waals surface area contributed by atoms with Crippen LogP contribution in [-0.4, -0.2) is 22.4 Å². The molecule has 0 saturated heterocycles. The predicted octanol–water partition coefficient (Wildman–Crippen LogP) is 3.50. The lowest BCUT2D eigenvalue weighted by molar-refractivity contribution is -0.0764. The van der Waals surface area contributed by atoms with Gasteiger partial charge in [0.05, 0.1) is 12.2 Å². The van der Waals surface area contributed by atoms with Gasteiger partial charge >= 0.3 is 0 Å². The minimum atomic E-state index is -0.474. The second kappa shape index (κ2) is 6.91. The van der Waals surface area contributed by atoms with Crippen LogP contribution in [0.4, 0.5) is 0 Å². The van der Waals surface area contributed by atoms with Crippen molar-refractivity contribution < 1.29 is 10.2 Å². The molecule has 4 atom stereocenters. The number of aliphatic hydroxyl groups is 2. The van der Waals surface area contributed by atoms with Crippen molar-refractivity contribution in [3.8, 4) is 0 Å². The van der Waals surface area contributed by atoms with Crippen LogP contribution in [0.15, 0.2) is 0 Å². The number of rotatable bonds is 4. The van der Waals surface area contributed by atoms with Crippen molar-refractivity contribution in [2.24, 2.45) is 17.8 Å². The molecule has 2 nitrogen and oxygen atoms in total. The van der Waals surface area contributed by atoms with Gasteiger partial charge in [-0.15, -0.1) is 0 Å². The summed E-state index contributed by atoms with van der Waals surface area (Å²) in [5.41, 5.74) is 0. The van der Waals surface area contributed by atoms with E-state index in [0.717, 1.165) is 25.7 Å². The van der Waals surface area contributed by atoms with Crippen LogP contribution >= 0.6 is 0 Å². The molecule has 2 aliphatic carbocycles. The second-order valence-corrected chi connectivity index (χ2v) is 6.50. The number of aliphatic hydroxyl groups excluding tert-OH is 2. The highest BCUT2D eigenvalue weighted by molar-refractivity contribution is 4.87. The van der Waals surface area contributed by atoms with Crippen LogP contribution in [0.2, 0.25) is 0 Å². The summed E-state index contributed by atoms with van der Waals surface area (Å²) < 4.78 is 0. The van der Waals surface area contributed by atoms with Crippen LogP contribution in [-0.2, 0) is 0 Å². The minimum absolute atomic E-state index is 0.348. The fourth-order valence-corrected chi connectivity index (χ4v) is 4.20. The van der Waals surface area contributed by atoms with Crippen LogP contribution in [0.3, 0.4) is 0 Å². The average Bonchev–Trinajstić information content (AvgIpc) is 2.46. The van der Waals surface area contributed by atoms with Crippen LogP contribution < -0.4 is 0 Å². The molecule has 106 valence electrons. The van der Waals surface area contributed by atoms with Crippen molar-refractivity contribution in [1.82, 2.24) is 0 Å². The monoisotopic (exact) mass is 254 g/mol. The van der Waals surface area contributed by atoms with Gasteiger partial charge in [-0.1, -0.05) is 51.9 Å². The van der Waals surface area contributed by atoms with Gasteiger partial charge in [0, 0.05) is 0 Å². The molecule has 0 aromatic heterocycles. The van der Waals surface area contributed by atoms with Crippen LogP contribution in [0.1, 0.15) is 71.1 Å². The van der Waals surface area contributed by atoms with Gasteiger partial charge in [0.2, 0.25) is 0 Å². The zero-order valence-corrected chi connectivity index (χ0v) is 11.9. The van der Waals surface area contributed by atoms with Crippen LogP contribution in [0.5, 0.6) is 0 Å². The van der Waals surface area contributed by atoms with Crippen LogP contribution in [0, 0.1) is 17.8 Å². The lowest BCUT2D eigenvalue weighted by Crippen LogP contribution is -2.43. The molecule has 0 radical (unpaired) electrons. The number of hydrogen-bond acceptors (Lipinski definition) is 2. The summed E-state index contributed by atoms with van der Waals surface area (Å²) in [6, 6.07) is 0. The summed E-state index contributed by atoms with van der Waals surface area (Å²) in [4.78, 5) is 0. The summed E-state index contributed by atoms with van der Waals surface area (Å²) in [5, 5.41) is 21.0. The molecular formula is C16H30O2. The highest BCUT2D eigenvalue weighted by Gasteiger charge is 2.36. The Labute approximate surface area is 112 Å². The highest BCUT2D eigenvalue weighted by Crippen LogP contribution is 2.38. The molecule has 18 heavy (non-hydrogen) atoms. The standard InChI is InChI=1S/C16H30O2/c1-2-12-8-6-7-11-14(12)16(18)15(17)13-9-4-3-5-10-13/h12-18H,2-11H2,1H3. The Morgan fingerprint density at radius 1 is 0.833 bits per heavy atom. The van der Waals surface area contributed by atoms with E-state index >= 15 is 0 Å². The normalized spacial score (nSPS) is 34.2. The Hall–Kier alpha value is -0.0800. The van der Waals surface area contributed by atoms with Gasteiger partial charge in [-0.3, -0.25) is 0 Å². The molecule has 4 unspecified atom stereocenters. The fraction of sp³-hybridized carbons (Fsp3) is 1.00. The average molecular weight is 254 g/mol. The zero-order chi connectivity index (χ0) is 13.0. The predicted molar refractivity (Wildman–Crippen MR) is 74.3 cm³/mol. The summed E-state index contributed by atoms with van der Waals surface area (Å²) in [6.45, 7) is 2.22. The summed E-state index contributed by atoms with van der Waals surface area (Å²) in [5.74, 6) is 1.33. The third-order valence-electron chi connectivity index (χ3n) is 5.41. The number of hydrogen-bond donors (Lipinski definition) is 2. The van der Waals surface area contributed by atoms with E-state index in [1.807, 2.05) is 0 Å². The van der Waals surface area contributed by atoms with Crippen molar-refractivity contribution in [3.05, 3.63) is 0 Å². The lowest BCUT2D eigenvalue weighted by Gasteiger charge is -2.39. The first-order chi connectivity index (χ1) is 8.74. The smallest absolute Gasteiger partial charge is 0.0832 e. The topological polar surface area (TPSA) is 40.5 Å². The molecule has 2 rings (SSSR count). The fourth-order valence-electron chi connectivity index (χ4n) is 4.20. The lowest BCUT2D eigenvalue weighted by atomic mass is 9.71. The van der Waals surface area contributed by atoms with E-state index in [1.165, 1.54) is 38.5 Å². The molecule has 0 aromatic carbocycles. The van der Waals surface area contributed by atoms with Crippen molar-refractivity contribution in [2.75, 3.05) is 0 Å². The maximum absolute atomic E-state index is 10.5. The molecule has 0 bridgehead atoms. The molecule has 2 aliphatic rings. The first-order valence-electron chi connectivity index (χ1n) is 8.10. The summed E-state index contributed by atoms with van der Waals surface area (Å²) >= 11 is 0. The molecule has 2 saturated carbocycles. The van der Waals surface area contributed by atoms with E-state index in [0.29, 0.717) is 17.8 Å². The summed E-state index contributed by atoms with van der Waals surface area (Å²) in [7, 11) is 0. The quantitative estimate of drug-likeness (QED) is 0.806. The Balaban J connectivity index is 1.93. The molecule has 0 amide bonds. The molecule has 0 heterocycles. The third kappa shape index (κ3) is 3.27. The molecular weight excluding hydrogens is 224 g/mol. The Kier molecular flexibility index (Phi) is 5.50. The van der Waals surface area contributed by atoms with Gasteiger partial charge < -0.3 is 10.2 Å². The maximum Gasteiger partial charge on any atom is 0.0832 e. The van der Waals surface area contributed by atoms with Crippen molar-refractivity contribution in [1.29, 1.82) is 0 Å². The third-order valence-corrected chi connectivity index (χ3v) is 5.41. The van der Waals surface area contributed by atoms with Crippen LogP contribution in [0.25, 0.3) is 0 Å². The van der Waals surface area contributed by atoms with E-state index < -0.39 is 12.2 Å². The van der Waals surface area contributed by atoms with E-state index in [2.05, 4.69) is 6.92 Å². The first-order valence-corrected chi connectivity index (χ1v) is 8.10. The van der Waals surface area contributed by atoms with Gasteiger partial charge in [0.15, 0.2) is 0 Å². The van der Waals surface area contributed by atoms with Gasteiger partial charge in [0.1, 0.15) is 0 Å². The van der Waals surface area contributed by atoms with Crippen molar-refractivity contribution >= 4 is 0 Å². The molecule has 0 aromatic rings. The molecule has 0 aliphatic heterocycles. The molecule has 2 fully saturated rings. The summed E-state index contributed by atoms with van der Waals surface area (Å²) in [6.07, 6.45) is 11.1. The zero-order valence-electron chi connectivity index (χ0n) is 11.9. The molecule has 0 spiro atoms. The van der Waals surface area contributed by atoms with E-state index in [9.17, 15) is 10.2 Å². The Morgan fingerprint density at radius 2 is 1.44 bits per heavy atom.